The molecule has 0 unspecified atom stereocenters. The number of rotatable bonds is 6. The topological polar surface area (TPSA) is 48.1 Å². The van der Waals surface area contributed by atoms with Gasteiger partial charge in [-0.15, -0.1) is 11.8 Å². The number of thioether (sulfide) groups is 1. The van der Waals surface area contributed by atoms with Gasteiger partial charge >= 0.3 is 0 Å². The predicted molar refractivity (Wildman–Crippen MR) is 121 cm³/mol. The Morgan fingerprint density at radius 3 is 2.23 bits per heavy atom. The molecule has 0 heterocycles. The van der Waals surface area contributed by atoms with Crippen LogP contribution in [0, 0.1) is 0 Å². The Morgan fingerprint density at radius 1 is 0.923 bits per heavy atom. The average Bonchev–Trinajstić information content (AvgIpc) is 2.65. The molecule has 0 spiro atoms. The quantitative estimate of drug-likeness (QED) is 0.248. The first-order valence-electron chi connectivity index (χ1n) is 8.43. The van der Waals surface area contributed by atoms with Gasteiger partial charge in [0.05, 0.1) is 0 Å². The second-order valence-electron chi connectivity index (χ2n) is 5.90. The predicted octanol–water partition coefficient (Wildman–Crippen LogP) is 4.27. The zero-order valence-electron chi connectivity index (χ0n) is 14.9. The first-order valence-corrected chi connectivity index (χ1v) is 10.2. The van der Waals surface area contributed by atoms with E-state index in [4.69, 9.17) is 24.4 Å². The van der Waals surface area contributed by atoms with Crippen molar-refractivity contribution in [1.29, 1.82) is 0 Å². The Morgan fingerprint density at radius 2 is 1.58 bits per heavy atom. The number of hydrogen-bond donors (Lipinski definition) is 4. The Bertz CT molecular complexity index is 702. The molecule has 2 aromatic carbocycles. The molecular formula is C19H24N4S3. The van der Waals surface area contributed by atoms with Gasteiger partial charge in [0.1, 0.15) is 0 Å². The molecule has 0 radical (unpaired) electrons. The Balaban J connectivity index is 1.61. The van der Waals surface area contributed by atoms with Gasteiger partial charge in [0.25, 0.3) is 0 Å². The van der Waals surface area contributed by atoms with Crippen molar-refractivity contribution in [2.75, 3.05) is 17.6 Å². The normalized spacial score (nSPS) is 10.3. The molecule has 2 aromatic rings. The van der Waals surface area contributed by atoms with E-state index in [-0.39, 0.29) is 0 Å². The average molecular weight is 405 g/mol. The zero-order valence-corrected chi connectivity index (χ0v) is 17.4. The first-order chi connectivity index (χ1) is 12.5. The number of anilines is 1. The van der Waals surface area contributed by atoms with Crippen molar-refractivity contribution in [2.24, 2.45) is 0 Å². The van der Waals surface area contributed by atoms with Crippen molar-refractivity contribution in [1.82, 2.24) is 16.2 Å². The van der Waals surface area contributed by atoms with Gasteiger partial charge in [-0.25, -0.2) is 0 Å². The van der Waals surface area contributed by atoms with Crippen LogP contribution >= 0.6 is 36.2 Å². The monoisotopic (exact) mass is 404 g/mol. The van der Waals surface area contributed by atoms with Crippen molar-refractivity contribution in [3.8, 4) is 0 Å². The Kier molecular flexibility index (Phi) is 8.67. The summed E-state index contributed by atoms with van der Waals surface area (Å²) in [4.78, 5) is 1.25. The molecule has 7 heteroatoms. The van der Waals surface area contributed by atoms with Gasteiger partial charge in [-0.2, -0.15) is 0 Å². The van der Waals surface area contributed by atoms with Crippen LogP contribution in [0.1, 0.15) is 25.3 Å². The molecule has 0 saturated carbocycles. The summed E-state index contributed by atoms with van der Waals surface area (Å²) >= 11 is 12.3. The maximum Gasteiger partial charge on any atom is 0.189 e. The lowest BCUT2D eigenvalue weighted by molar-refractivity contribution is 0.828. The number of thiocarbonyl (C=S) groups is 2. The molecule has 138 valence electrons. The van der Waals surface area contributed by atoms with Crippen LogP contribution in [0.15, 0.2) is 59.5 Å². The third-order valence-corrected chi connectivity index (χ3v) is 4.99. The highest BCUT2D eigenvalue weighted by Gasteiger charge is 2.01. The molecule has 0 aliphatic heterocycles. The number of nitrogens with one attached hydrogen (secondary N) is 4. The fourth-order valence-electron chi connectivity index (χ4n) is 2.12. The minimum atomic E-state index is 0.463. The van der Waals surface area contributed by atoms with Crippen LogP contribution in [0.3, 0.4) is 0 Å². The summed E-state index contributed by atoms with van der Waals surface area (Å²) < 4.78 is 0. The summed E-state index contributed by atoms with van der Waals surface area (Å²) in [6.07, 6.45) is 0. The Labute approximate surface area is 170 Å². The summed E-state index contributed by atoms with van der Waals surface area (Å²) in [5, 5.41) is 7.24. The minimum absolute atomic E-state index is 0.463. The lowest BCUT2D eigenvalue weighted by atomic mass is 10.0. The van der Waals surface area contributed by atoms with E-state index in [1.807, 2.05) is 30.3 Å². The van der Waals surface area contributed by atoms with Crippen LogP contribution in [-0.4, -0.2) is 22.5 Å². The van der Waals surface area contributed by atoms with Gasteiger partial charge < -0.3 is 10.6 Å². The molecular weight excluding hydrogens is 380 g/mol. The molecule has 4 N–H and O–H groups in total. The van der Waals surface area contributed by atoms with E-state index in [0.717, 1.165) is 18.0 Å². The molecule has 0 bridgehead atoms. The lowest BCUT2D eigenvalue weighted by Gasteiger charge is -2.14. The SMILES string of the molecule is CC(C)c1ccc(NC(=S)NNC(=S)NCCSc2ccccc2)cc1. The maximum atomic E-state index is 5.26. The molecule has 0 fully saturated rings. The first kappa shape index (κ1) is 20.5. The highest BCUT2D eigenvalue weighted by Crippen LogP contribution is 2.17. The van der Waals surface area contributed by atoms with E-state index in [0.29, 0.717) is 16.1 Å². The molecule has 4 nitrogen and oxygen atoms in total. The van der Waals surface area contributed by atoms with E-state index in [1.165, 1.54) is 10.5 Å². The van der Waals surface area contributed by atoms with E-state index in [1.54, 1.807) is 11.8 Å². The van der Waals surface area contributed by atoms with Gasteiger partial charge in [-0.05, 0) is 60.2 Å². The highest BCUT2D eigenvalue weighted by atomic mass is 32.2. The van der Waals surface area contributed by atoms with Crippen molar-refractivity contribution in [3.63, 3.8) is 0 Å². The minimum Gasteiger partial charge on any atom is -0.361 e. The molecule has 0 amide bonds. The fourth-order valence-corrected chi connectivity index (χ4v) is 3.23. The lowest BCUT2D eigenvalue weighted by Crippen LogP contribution is -2.48. The largest absolute Gasteiger partial charge is 0.361 e. The van der Waals surface area contributed by atoms with Crippen LogP contribution in [0.4, 0.5) is 5.69 Å². The molecule has 0 saturated heterocycles. The summed E-state index contributed by atoms with van der Waals surface area (Å²) in [6, 6.07) is 18.5. The molecule has 26 heavy (non-hydrogen) atoms. The van der Waals surface area contributed by atoms with Crippen LogP contribution in [0.25, 0.3) is 0 Å². The molecule has 0 atom stereocenters. The number of benzene rings is 2. The third kappa shape index (κ3) is 7.59. The second-order valence-corrected chi connectivity index (χ2v) is 7.88. The van der Waals surface area contributed by atoms with Gasteiger partial charge in [-0.1, -0.05) is 44.2 Å². The van der Waals surface area contributed by atoms with Crippen molar-refractivity contribution >= 4 is 52.1 Å². The third-order valence-electron chi connectivity index (χ3n) is 3.52. The van der Waals surface area contributed by atoms with Crippen LogP contribution in [-0.2, 0) is 0 Å². The van der Waals surface area contributed by atoms with E-state index in [2.05, 4.69) is 59.6 Å². The second kappa shape index (κ2) is 11.0. The fraction of sp³-hybridized carbons (Fsp3) is 0.263. The van der Waals surface area contributed by atoms with Crippen LogP contribution in [0.5, 0.6) is 0 Å². The standard InChI is InChI=1S/C19H24N4S3/c1-14(2)15-8-10-16(11-9-15)21-19(25)23-22-18(24)20-12-13-26-17-6-4-3-5-7-17/h3-11,14H,12-13H2,1-2H3,(H2,20,22,24)(H2,21,23,25). The van der Waals surface area contributed by atoms with Crippen molar-refractivity contribution in [2.45, 2.75) is 24.7 Å². The van der Waals surface area contributed by atoms with E-state index >= 15 is 0 Å². The number of hydrazine groups is 1. The zero-order chi connectivity index (χ0) is 18.8. The van der Waals surface area contributed by atoms with Crippen LogP contribution in [0.2, 0.25) is 0 Å². The van der Waals surface area contributed by atoms with Crippen molar-refractivity contribution in [3.05, 3.63) is 60.2 Å². The van der Waals surface area contributed by atoms with Gasteiger partial charge in [0.15, 0.2) is 10.2 Å². The highest BCUT2D eigenvalue weighted by molar-refractivity contribution is 7.99. The van der Waals surface area contributed by atoms with Gasteiger partial charge in [-0.3, -0.25) is 10.9 Å². The number of hydrogen-bond acceptors (Lipinski definition) is 3. The molecule has 0 aromatic heterocycles. The summed E-state index contributed by atoms with van der Waals surface area (Å²) in [5.74, 6) is 1.44. The summed E-state index contributed by atoms with van der Waals surface area (Å²) in [5.41, 5.74) is 8.01. The molecule has 0 aliphatic carbocycles. The molecule has 0 aliphatic rings. The maximum absolute atomic E-state index is 5.26. The van der Waals surface area contributed by atoms with Gasteiger partial charge in [0.2, 0.25) is 0 Å². The van der Waals surface area contributed by atoms with E-state index < -0.39 is 0 Å². The molecule has 2 rings (SSSR count). The smallest absolute Gasteiger partial charge is 0.189 e. The Hall–Kier alpha value is -1.83. The van der Waals surface area contributed by atoms with Gasteiger partial charge in [0, 0.05) is 22.9 Å². The van der Waals surface area contributed by atoms with Crippen molar-refractivity contribution < 1.29 is 0 Å². The van der Waals surface area contributed by atoms with Crippen LogP contribution < -0.4 is 21.5 Å². The van der Waals surface area contributed by atoms with E-state index in [9.17, 15) is 0 Å². The summed E-state index contributed by atoms with van der Waals surface area (Å²) in [7, 11) is 0. The summed E-state index contributed by atoms with van der Waals surface area (Å²) in [6.45, 7) is 5.11.